The van der Waals surface area contributed by atoms with Crippen molar-refractivity contribution in [2.75, 3.05) is 18.4 Å². The van der Waals surface area contributed by atoms with Crippen molar-refractivity contribution >= 4 is 34.8 Å². The zero-order valence-electron chi connectivity index (χ0n) is 18.3. The lowest BCUT2D eigenvalue weighted by atomic mass is 9.76. The molecule has 2 saturated heterocycles. The van der Waals surface area contributed by atoms with E-state index in [9.17, 15) is 19.5 Å². The van der Waals surface area contributed by atoms with Crippen molar-refractivity contribution in [2.45, 2.75) is 18.0 Å². The Bertz CT molecular complexity index is 1190. The molecule has 3 heterocycles. The molecule has 2 aliphatic heterocycles. The number of likely N-dealkylation sites (tertiary alicyclic amines) is 1. The Hall–Kier alpha value is -3.56. The Balaban J connectivity index is 1.47. The highest BCUT2D eigenvalue weighted by atomic mass is 32.1. The lowest BCUT2D eigenvalue weighted by molar-refractivity contribution is -0.151. The van der Waals surface area contributed by atoms with E-state index in [0.29, 0.717) is 11.6 Å². The number of aromatic nitrogens is 1. The standard InChI is InChI=1S/C25H24N4O4S/c30-22-18-19(23(31)29(22)13-11-26-17-9-5-2-6-10-17)25(24(32)33,15-16-7-3-1-4-8-16)28-20(18)21-27-12-14-34-21/h1-10,12,14,18-20,26,28H,11,13,15H2,(H,32,33). The number of rotatable bonds is 8. The Morgan fingerprint density at radius 2 is 1.79 bits per heavy atom. The van der Waals surface area contributed by atoms with E-state index in [1.807, 2.05) is 60.7 Å². The summed E-state index contributed by atoms with van der Waals surface area (Å²) in [6.45, 7) is 0.528. The number of hydrogen-bond acceptors (Lipinski definition) is 7. The smallest absolute Gasteiger partial charge is 0.325 e. The van der Waals surface area contributed by atoms with Crippen LogP contribution in [0.2, 0.25) is 0 Å². The van der Waals surface area contributed by atoms with Gasteiger partial charge in [0, 0.05) is 36.8 Å². The largest absolute Gasteiger partial charge is 0.480 e. The van der Waals surface area contributed by atoms with Crippen LogP contribution in [0.1, 0.15) is 16.6 Å². The summed E-state index contributed by atoms with van der Waals surface area (Å²) < 4.78 is 0. The number of nitrogens with one attached hydrogen (secondary N) is 2. The molecule has 8 nitrogen and oxygen atoms in total. The maximum atomic E-state index is 13.6. The SMILES string of the molecule is O=C1C2C(c3nccs3)NC(Cc3ccccc3)(C(=O)O)C2C(=O)N1CCNc1ccccc1. The van der Waals surface area contributed by atoms with Crippen LogP contribution in [-0.2, 0) is 20.8 Å². The Labute approximate surface area is 200 Å². The van der Waals surface area contributed by atoms with E-state index in [1.54, 1.807) is 11.6 Å². The van der Waals surface area contributed by atoms with Gasteiger partial charge in [0.2, 0.25) is 11.8 Å². The normalized spacial score (nSPS) is 26.0. The van der Waals surface area contributed by atoms with Crippen LogP contribution < -0.4 is 10.6 Å². The van der Waals surface area contributed by atoms with Crippen LogP contribution in [0, 0.1) is 11.8 Å². The first kappa shape index (κ1) is 22.2. The Kier molecular flexibility index (Phi) is 5.89. The number of carbonyl (C=O) groups excluding carboxylic acids is 2. The lowest BCUT2D eigenvalue weighted by Gasteiger charge is -2.31. The number of hydrogen-bond donors (Lipinski definition) is 3. The van der Waals surface area contributed by atoms with Crippen molar-refractivity contribution in [2.24, 2.45) is 11.8 Å². The summed E-state index contributed by atoms with van der Waals surface area (Å²) in [5, 5.41) is 19.2. The van der Waals surface area contributed by atoms with E-state index in [-0.39, 0.29) is 18.9 Å². The summed E-state index contributed by atoms with van der Waals surface area (Å²) in [5.41, 5.74) is 0.0462. The molecule has 0 spiro atoms. The highest BCUT2D eigenvalue weighted by Gasteiger charge is 2.68. The van der Waals surface area contributed by atoms with E-state index < -0.39 is 35.3 Å². The Morgan fingerprint density at radius 3 is 2.44 bits per heavy atom. The monoisotopic (exact) mass is 476 g/mol. The van der Waals surface area contributed by atoms with Gasteiger partial charge in [0.25, 0.3) is 0 Å². The molecule has 0 aliphatic carbocycles. The minimum Gasteiger partial charge on any atom is -0.480 e. The first-order valence-electron chi connectivity index (χ1n) is 11.1. The zero-order chi connectivity index (χ0) is 23.7. The number of benzene rings is 2. The fraction of sp³-hybridized carbons (Fsp3) is 0.280. The highest BCUT2D eigenvalue weighted by molar-refractivity contribution is 7.09. The molecule has 3 N–H and O–H groups in total. The van der Waals surface area contributed by atoms with Crippen molar-refractivity contribution in [3.05, 3.63) is 82.8 Å². The number of carboxylic acids is 1. The number of para-hydroxylation sites is 1. The molecule has 174 valence electrons. The molecule has 2 aliphatic rings. The lowest BCUT2D eigenvalue weighted by Crippen LogP contribution is -2.57. The van der Waals surface area contributed by atoms with Gasteiger partial charge in [0.15, 0.2) is 0 Å². The number of carbonyl (C=O) groups is 3. The van der Waals surface area contributed by atoms with E-state index in [2.05, 4.69) is 15.6 Å². The molecular formula is C25H24N4O4S. The van der Waals surface area contributed by atoms with E-state index in [0.717, 1.165) is 11.3 Å². The molecule has 9 heteroatoms. The fourth-order valence-electron chi connectivity index (χ4n) is 5.10. The molecule has 2 amide bonds. The molecule has 4 unspecified atom stereocenters. The topological polar surface area (TPSA) is 112 Å². The van der Waals surface area contributed by atoms with Crippen LogP contribution in [0.3, 0.4) is 0 Å². The highest BCUT2D eigenvalue weighted by Crippen LogP contribution is 2.50. The quantitative estimate of drug-likeness (QED) is 0.429. The predicted octanol–water partition coefficient (Wildman–Crippen LogP) is 2.57. The third-order valence-corrected chi connectivity index (χ3v) is 7.47. The fourth-order valence-corrected chi connectivity index (χ4v) is 5.84. The van der Waals surface area contributed by atoms with Gasteiger partial charge in [-0.25, -0.2) is 4.98 Å². The average molecular weight is 477 g/mol. The van der Waals surface area contributed by atoms with Gasteiger partial charge in [-0.05, 0) is 17.7 Å². The van der Waals surface area contributed by atoms with Crippen molar-refractivity contribution in [3.8, 4) is 0 Å². The van der Waals surface area contributed by atoms with Crippen molar-refractivity contribution in [1.82, 2.24) is 15.2 Å². The van der Waals surface area contributed by atoms with Gasteiger partial charge >= 0.3 is 5.97 Å². The number of imide groups is 1. The van der Waals surface area contributed by atoms with Crippen LogP contribution in [0.15, 0.2) is 72.2 Å². The first-order chi connectivity index (χ1) is 16.5. The summed E-state index contributed by atoms with van der Waals surface area (Å²) in [5.74, 6) is -3.79. The van der Waals surface area contributed by atoms with Crippen molar-refractivity contribution in [1.29, 1.82) is 0 Å². The van der Waals surface area contributed by atoms with Gasteiger partial charge in [-0.2, -0.15) is 0 Å². The summed E-state index contributed by atoms with van der Waals surface area (Å²) in [7, 11) is 0. The molecule has 2 aromatic carbocycles. The van der Waals surface area contributed by atoms with E-state index >= 15 is 0 Å². The predicted molar refractivity (Wildman–Crippen MR) is 127 cm³/mol. The second-order valence-corrected chi connectivity index (χ2v) is 9.48. The number of thiazole rings is 1. The minimum absolute atomic E-state index is 0.0847. The van der Waals surface area contributed by atoms with Crippen molar-refractivity contribution < 1.29 is 19.5 Å². The van der Waals surface area contributed by atoms with Gasteiger partial charge in [0.1, 0.15) is 10.5 Å². The van der Waals surface area contributed by atoms with Crippen molar-refractivity contribution in [3.63, 3.8) is 0 Å². The number of fused-ring (bicyclic) bond motifs is 1. The van der Waals surface area contributed by atoms with E-state index in [4.69, 9.17) is 0 Å². The molecular weight excluding hydrogens is 452 g/mol. The van der Waals surface area contributed by atoms with Crippen LogP contribution in [-0.4, -0.2) is 51.4 Å². The third kappa shape index (κ3) is 3.76. The molecule has 1 aromatic heterocycles. The maximum absolute atomic E-state index is 13.6. The second kappa shape index (κ2) is 9.00. The summed E-state index contributed by atoms with van der Waals surface area (Å²) in [6.07, 6.45) is 1.71. The third-order valence-electron chi connectivity index (χ3n) is 6.61. The van der Waals surface area contributed by atoms with Crippen LogP contribution in [0.5, 0.6) is 0 Å². The molecule has 2 fully saturated rings. The molecule has 0 bridgehead atoms. The van der Waals surface area contributed by atoms with Gasteiger partial charge in [-0.15, -0.1) is 11.3 Å². The first-order valence-corrected chi connectivity index (χ1v) is 12.0. The minimum atomic E-state index is -1.61. The summed E-state index contributed by atoms with van der Waals surface area (Å²) in [4.78, 5) is 45.5. The number of amides is 2. The number of nitrogens with zero attached hydrogens (tertiary/aromatic N) is 2. The van der Waals surface area contributed by atoms with Gasteiger partial charge < -0.3 is 10.4 Å². The maximum Gasteiger partial charge on any atom is 0.325 e. The van der Waals surface area contributed by atoms with Gasteiger partial charge in [-0.3, -0.25) is 24.6 Å². The Morgan fingerprint density at radius 1 is 1.09 bits per heavy atom. The number of carboxylic acid groups (broad SMARTS) is 1. The zero-order valence-corrected chi connectivity index (χ0v) is 19.1. The number of aliphatic carboxylic acids is 1. The van der Waals surface area contributed by atoms with Gasteiger partial charge in [-0.1, -0.05) is 48.5 Å². The van der Waals surface area contributed by atoms with Gasteiger partial charge in [0.05, 0.1) is 17.9 Å². The van der Waals surface area contributed by atoms with Crippen LogP contribution in [0.4, 0.5) is 5.69 Å². The molecule has 0 saturated carbocycles. The summed E-state index contributed by atoms with van der Waals surface area (Å²) in [6, 6.07) is 18.0. The molecule has 34 heavy (non-hydrogen) atoms. The number of anilines is 1. The summed E-state index contributed by atoms with van der Waals surface area (Å²) >= 11 is 1.35. The molecule has 3 aromatic rings. The van der Waals surface area contributed by atoms with Crippen LogP contribution in [0.25, 0.3) is 0 Å². The molecule has 4 atom stereocenters. The second-order valence-electron chi connectivity index (χ2n) is 8.56. The van der Waals surface area contributed by atoms with Crippen LogP contribution >= 0.6 is 11.3 Å². The molecule has 5 rings (SSSR count). The average Bonchev–Trinajstić information content (AvgIpc) is 3.54. The van der Waals surface area contributed by atoms with E-state index in [1.165, 1.54) is 16.2 Å². The molecule has 0 radical (unpaired) electrons.